The van der Waals surface area contributed by atoms with Crippen LogP contribution in [0, 0.1) is 17.2 Å². The van der Waals surface area contributed by atoms with Crippen molar-refractivity contribution in [3.05, 3.63) is 0 Å². The van der Waals surface area contributed by atoms with Crippen LogP contribution in [0.4, 0.5) is 0 Å². The van der Waals surface area contributed by atoms with E-state index in [9.17, 15) is 0 Å². The van der Waals surface area contributed by atoms with Gasteiger partial charge in [-0.3, -0.25) is 0 Å². The van der Waals surface area contributed by atoms with Crippen LogP contribution in [0.1, 0.15) is 26.2 Å². The maximum atomic E-state index is 8.67. The van der Waals surface area contributed by atoms with Crippen LogP contribution in [0.15, 0.2) is 0 Å². The Kier molecular flexibility index (Phi) is 2.70. The van der Waals surface area contributed by atoms with Gasteiger partial charge in [-0.2, -0.15) is 5.26 Å². The van der Waals surface area contributed by atoms with E-state index in [4.69, 9.17) is 5.26 Å². The van der Waals surface area contributed by atoms with Crippen LogP contribution >= 0.6 is 0 Å². The fourth-order valence-electron chi connectivity index (χ4n) is 1.62. The summed E-state index contributed by atoms with van der Waals surface area (Å²) in [6.07, 6.45) is 3.50. The average molecular weight is 138 g/mol. The van der Waals surface area contributed by atoms with Crippen LogP contribution in [-0.4, -0.2) is 12.6 Å². The number of hydrogen-bond acceptors (Lipinski definition) is 2. The molecule has 2 atom stereocenters. The molecule has 2 nitrogen and oxygen atoms in total. The first-order chi connectivity index (χ1) is 4.88. The number of nitrogens with zero attached hydrogens (tertiary/aromatic N) is 1. The van der Waals surface area contributed by atoms with Gasteiger partial charge in [-0.1, -0.05) is 13.3 Å². The van der Waals surface area contributed by atoms with Crippen molar-refractivity contribution in [3.63, 3.8) is 0 Å². The summed E-state index contributed by atoms with van der Waals surface area (Å²) in [6.45, 7) is 3.08. The smallest absolute Gasteiger partial charge is 0.0672 e. The fourth-order valence-corrected chi connectivity index (χ4v) is 1.62. The van der Waals surface area contributed by atoms with E-state index in [0.717, 1.165) is 13.0 Å². The van der Waals surface area contributed by atoms with Crippen LogP contribution < -0.4 is 5.32 Å². The Balaban J connectivity index is 2.36. The molecule has 2 heteroatoms. The third-order valence-electron chi connectivity index (χ3n) is 2.15. The van der Waals surface area contributed by atoms with Crippen molar-refractivity contribution < 1.29 is 0 Å². The molecule has 1 aliphatic rings. The van der Waals surface area contributed by atoms with Crippen LogP contribution in [0.5, 0.6) is 0 Å². The van der Waals surface area contributed by atoms with Crippen LogP contribution in [0.2, 0.25) is 0 Å². The summed E-state index contributed by atoms with van der Waals surface area (Å²) in [5.41, 5.74) is 0. The van der Waals surface area contributed by atoms with Gasteiger partial charge in [0.2, 0.25) is 0 Å². The first kappa shape index (κ1) is 7.56. The predicted octanol–water partition coefficient (Wildman–Crippen LogP) is 1.29. The van der Waals surface area contributed by atoms with Gasteiger partial charge in [0.1, 0.15) is 0 Å². The molecule has 1 aliphatic carbocycles. The summed E-state index contributed by atoms with van der Waals surface area (Å²) in [6, 6.07) is 2.82. The zero-order chi connectivity index (χ0) is 7.40. The first-order valence-electron chi connectivity index (χ1n) is 4.01. The van der Waals surface area contributed by atoms with E-state index in [1.165, 1.54) is 12.8 Å². The second-order valence-electron chi connectivity index (χ2n) is 2.83. The standard InChI is InChI=1S/C8H14N2/c1-2-10-8-5-3-4-7(8)6-9/h7-8,10H,2-5H2,1H3/t7-,8+/m1/s1. The maximum absolute atomic E-state index is 8.67. The lowest BCUT2D eigenvalue weighted by Crippen LogP contribution is -2.31. The zero-order valence-electron chi connectivity index (χ0n) is 6.43. The van der Waals surface area contributed by atoms with E-state index in [2.05, 4.69) is 18.3 Å². The molecule has 10 heavy (non-hydrogen) atoms. The van der Waals surface area contributed by atoms with Crippen molar-refractivity contribution >= 4 is 0 Å². The molecule has 0 spiro atoms. The monoisotopic (exact) mass is 138 g/mol. The number of nitrogens with one attached hydrogen (secondary N) is 1. The van der Waals surface area contributed by atoms with Gasteiger partial charge in [-0.05, 0) is 19.4 Å². The molecule has 0 aromatic rings. The molecule has 0 saturated heterocycles. The van der Waals surface area contributed by atoms with E-state index in [1.54, 1.807) is 0 Å². The molecule has 56 valence electrons. The van der Waals surface area contributed by atoms with Gasteiger partial charge < -0.3 is 5.32 Å². The van der Waals surface area contributed by atoms with E-state index in [1.807, 2.05) is 0 Å². The van der Waals surface area contributed by atoms with Crippen molar-refractivity contribution in [1.82, 2.24) is 5.32 Å². The van der Waals surface area contributed by atoms with Crippen LogP contribution in [0.3, 0.4) is 0 Å². The van der Waals surface area contributed by atoms with Crippen molar-refractivity contribution in [3.8, 4) is 6.07 Å². The molecular weight excluding hydrogens is 124 g/mol. The van der Waals surface area contributed by atoms with Gasteiger partial charge in [0.25, 0.3) is 0 Å². The second kappa shape index (κ2) is 3.58. The largest absolute Gasteiger partial charge is 0.313 e. The van der Waals surface area contributed by atoms with Crippen molar-refractivity contribution in [1.29, 1.82) is 5.26 Å². The number of nitriles is 1. The Morgan fingerprint density at radius 3 is 3.00 bits per heavy atom. The highest BCUT2D eigenvalue weighted by molar-refractivity contribution is 4.96. The lowest BCUT2D eigenvalue weighted by molar-refractivity contribution is 0.478. The average Bonchev–Trinajstić information content (AvgIpc) is 2.36. The van der Waals surface area contributed by atoms with Gasteiger partial charge in [0, 0.05) is 6.04 Å². The Morgan fingerprint density at radius 1 is 1.60 bits per heavy atom. The summed E-state index contributed by atoms with van der Waals surface area (Å²) in [4.78, 5) is 0. The summed E-state index contributed by atoms with van der Waals surface area (Å²) in [5, 5.41) is 12.0. The van der Waals surface area contributed by atoms with Gasteiger partial charge in [0.05, 0.1) is 12.0 Å². The fraction of sp³-hybridized carbons (Fsp3) is 0.875. The third kappa shape index (κ3) is 1.48. The molecule has 0 amide bonds. The lowest BCUT2D eigenvalue weighted by Gasteiger charge is -2.12. The quantitative estimate of drug-likeness (QED) is 0.624. The highest BCUT2D eigenvalue weighted by Crippen LogP contribution is 2.24. The normalized spacial score (nSPS) is 32.0. The minimum Gasteiger partial charge on any atom is -0.313 e. The van der Waals surface area contributed by atoms with E-state index in [0.29, 0.717) is 6.04 Å². The molecule has 0 unspecified atom stereocenters. The topological polar surface area (TPSA) is 35.8 Å². The first-order valence-corrected chi connectivity index (χ1v) is 4.01. The molecule has 0 aromatic heterocycles. The minimum absolute atomic E-state index is 0.278. The molecule has 1 saturated carbocycles. The van der Waals surface area contributed by atoms with Gasteiger partial charge in [-0.25, -0.2) is 0 Å². The van der Waals surface area contributed by atoms with Crippen LogP contribution in [-0.2, 0) is 0 Å². The van der Waals surface area contributed by atoms with E-state index < -0.39 is 0 Å². The number of hydrogen-bond donors (Lipinski definition) is 1. The summed E-state index contributed by atoms with van der Waals surface area (Å²) < 4.78 is 0. The van der Waals surface area contributed by atoms with Crippen molar-refractivity contribution in [2.45, 2.75) is 32.2 Å². The van der Waals surface area contributed by atoms with Crippen molar-refractivity contribution in [2.24, 2.45) is 5.92 Å². The molecular formula is C8H14N2. The Bertz CT molecular complexity index is 137. The molecule has 0 heterocycles. The third-order valence-corrected chi connectivity index (χ3v) is 2.15. The van der Waals surface area contributed by atoms with E-state index >= 15 is 0 Å². The molecule has 0 radical (unpaired) electrons. The summed E-state index contributed by atoms with van der Waals surface area (Å²) in [5.74, 6) is 0.278. The summed E-state index contributed by atoms with van der Waals surface area (Å²) >= 11 is 0. The highest BCUT2D eigenvalue weighted by Gasteiger charge is 2.25. The Labute approximate surface area is 62.2 Å². The summed E-state index contributed by atoms with van der Waals surface area (Å²) in [7, 11) is 0. The maximum Gasteiger partial charge on any atom is 0.0672 e. The van der Waals surface area contributed by atoms with E-state index in [-0.39, 0.29) is 5.92 Å². The molecule has 0 aromatic carbocycles. The molecule has 0 aliphatic heterocycles. The zero-order valence-corrected chi connectivity index (χ0v) is 6.43. The Morgan fingerprint density at radius 2 is 2.40 bits per heavy atom. The van der Waals surface area contributed by atoms with Gasteiger partial charge >= 0.3 is 0 Å². The van der Waals surface area contributed by atoms with Crippen LogP contribution in [0.25, 0.3) is 0 Å². The molecule has 1 fully saturated rings. The predicted molar refractivity (Wildman–Crippen MR) is 40.4 cm³/mol. The second-order valence-corrected chi connectivity index (χ2v) is 2.83. The molecule has 1 rings (SSSR count). The number of rotatable bonds is 2. The Hall–Kier alpha value is -0.550. The highest BCUT2D eigenvalue weighted by atomic mass is 14.9. The SMILES string of the molecule is CCN[C@H]1CCC[C@@H]1C#N. The van der Waals surface area contributed by atoms with Gasteiger partial charge in [-0.15, -0.1) is 0 Å². The molecule has 0 bridgehead atoms. The minimum atomic E-state index is 0.278. The van der Waals surface area contributed by atoms with Crippen molar-refractivity contribution in [2.75, 3.05) is 6.54 Å². The van der Waals surface area contributed by atoms with Gasteiger partial charge in [0.15, 0.2) is 0 Å². The lowest BCUT2D eigenvalue weighted by atomic mass is 10.1. The molecule has 1 N–H and O–H groups in total.